The number of benzene rings is 2. The van der Waals surface area contributed by atoms with E-state index in [-0.39, 0.29) is 22.5 Å². The van der Waals surface area contributed by atoms with Crippen LogP contribution in [-0.2, 0) is 17.1 Å². The molecule has 2 aromatic rings. The van der Waals surface area contributed by atoms with E-state index in [1.807, 2.05) is 0 Å². The van der Waals surface area contributed by atoms with E-state index in [4.69, 9.17) is 0 Å². The molecule has 0 fully saturated rings. The molecule has 0 aliphatic rings. The van der Waals surface area contributed by atoms with Crippen LogP contribution in [0.25, 0.3) is 0 Å². The van der Waals surface area contributed by atoms with Crippen molar-refractivity contribution in [1.82, 2.24) is 0 Å². The Morgan fingerprint density at radius 1 is 0.441 bits per heavy atom. The van der Waals surface area contributed by atoms with Crippen LogP contribution in [0.2, 0.25) is 0 Å². The van der Waals surface area contributed by atoms with E-state index in [1.54, 1.807) is 0 Å². The van der Waals surface area contributed by atoms with E-state index >= 15 is 0 Å². The molecule has 34 heavy (non-hydrogen) atoms. The van der Waals surface area contributed by atoms with E-state index in [0.717, 1.165) is 0 Å². The second-order valence-electron chi connectivity index (χ2n) is 5.17. The summed E-state index contributed by atoms with van der Waals surface area (Å²) >= 11 is 0. The summed E-state index contributed by atoms with van der Waals surface area (Å²) in [4.78, 5) is 55.0. The maximum atomic E-state index is 11.1. The van der Waals surface area contributed by atoms with Gasteiger partial charge in [-0.3, -0.25) is 60.7 Å². The molecule has 0 heterocycles. The van der Waals surface area contributed by atoms with Crippen LogP contribution in [0.4, 0.5) is 34.1 Å². The van der Waals surface area contributed by atoms with Gasteiger partial charge in [-0.2, -0.15) is 0 Å². The number of hydrogen-bond acceptors (Lipinski definition) is 14. The number of nitro groups is 6. The summed E-state index contributed by atoms with van der Waals surface area (Å²) in [5, 5.41) is 84.2. The third-order valence-electron chi connectivity index (χ3n) is 3.28. The molecule has 21 nitrogen and oxygen atoms in total. The van der Waals surface area contributed by atoms with Crippen LogP contribution in [0.1, 0.15) is 0 Å². The molecule has 0 unspecified atom stereocenters. The quantitative estimate of drug-likeness (QED) is 0.272. The number of non-ortho nitro benzene ring substituents is 2. The van der Waals surface area contributed by atoms with Gasteiger partial charge in [0.25, 0.3) is 34.1 Å². The molecule has 0 aliphatic heterocycles. The first kappa shape index (κ1) is 31.1. The van der Waals surface area contributed by atoms with Crippen molar-refractivity contribution in [3.05, 3.63) is 85.0 Å². The molecule has 0 saturated carbocycles. The van der Waals surface area contributed by atoms with Crippen molar-refractivity contribution in [2.24, 2.45) is 0 Å². The molecule has 0 aliphatic carbocycles. The second-order valence-corrected chi connectivity index (χ2v) is 5.17. The second kappa shape index (κ2) is 12.1. The summed E-state index contributed by atoms with van der Waals surface area (Å²) in [6.45, 7) is 0. The van der Waals surface area contributed by atoms with E-state index in [1.165, 1.54) is 0 Å². The van der Waals surface area contributed by atoms with Gasteiger partial charge in [0.05, 0.1) is 65.3 Å². The van der Waals surface area contributed by atoms with E-state index < -0.39 is 75.2 Å². The summed E-state index contributed by atoms with van der Waals surface area (Å²) in [6.07, 6.45) is 0. The maximum Gasteiger partial charge on any atom is 2.00 e. The van der Waals surface area contributed by atoms with Crippen LogP contribution >= 0.6 is 0 Å². The molecule has 182 valence electrons. The summed E-state index contributed by atoms with van der Waals surface area (Å²) in [6, 6.07) is 1.54. The number of nitrogens with zero attached hydrogens (tertiary/aromatic N) is 6. The van der Waals surface area contributed by atoms with E-state index in [0.29, 0.717) is 24.3 Å². The Kier molecular flexibility index (Phi) is 11.1. The normalized spacial score (nSPS) is 9.18. The number of nitro benzene ring substituents is 6. The molecular weight excluding hydrogens is 524 g/mol. The van der Waals surface area contributed by atoms with Gasteiger partial charge in [0.2, 0.25) is 0 Å². The molecule has 0 atom stereocenters. The van der Waals surface area contributed by atoms with Gasteiger partial charge in [-0.1, -0.05) is 0 Å². The average Bonchev–Trinajstić information content (AvgIpc) is 2.67. The Labute approximate surface area is 193 Å². The third-order valence-corrected chi connectivity index (χ3v) is 3.28. The minimum Gasteiger partial charge on any atom is -0.863 e. The van der Waals surface area contributed by atoms with Crippen molar-refractivity contribution < 1.29 is 62.3 Å². The topological polar surface area (TPSA) is 336 Å². The molecule has 0 amide bonds. The summed E-state index contributed by atoms with van der Waals surface area (Å²) in [7, 11) is 0. The van der Waals surface area contributed by atoms with Crippen LogP contribution in [0, 0.1) is 60.7 Å². The van der Waals surface area contributed by atoms with Crippen molar-refractivity contribution in [1.29, 1.82) is 0 Å². The maximum absolute atomic E-state index is 11.1. The molecule has 0 radical (unpaired) electrons. The SMILES string of the molecule is O.O=[N+]([O-])c1cc([N+](=O)[O-])c([O-])c([N+](=O)[O-])c1.O=[N+]([O-])c1cc([N+](=O)[O-])c([O-])c([N+](=O)[O-])c1.[Fe+2]. The molecule has 2 rings (SSSR count). The van der Waals surface area contributed by atoms with Gasteiger partial charge in [0.15, 0.2) is 0 Å². The molecule has 0 spiro atoms. The van der Waals surface area contributed by atoms with Gasteiger partial charge < -0.3 is 15.7 Å². The van der Waals surface area contributed by atoms with Crippen LogP contribution in [0.15, 0.2) is 24.3 Å². The average molecular weight is 530 g/mol. The molecule has 2 N–H and O–H groups in total. The Bertz CT molecular complexity index is 1020. The van der Waals surface area contributed by atoms with Gasteiger partial charge in [-0.25, -0.2) is 0 Å². The molecule has 2 aromatic carbocycles. The fraction of sp³-hybridized carbons (Fsp3) is 0. The third kappa shape index (κ3) is 6.98. The Morgan fingerprint density at radius 3 is 0.735 bits per heavy atom. The van der Waals surface area contributed by atoms with Gasteiger partial charge in [0, 0.05) is 0 Å². The predicted octanol–water partition coefficient (Wildman–Crippen LogP) is 0.142. The van der Waals surface area contributed by atoms with Crippen molar-refractivity contribution in [3.8, 4) is 11.5 Å². The zero-order valence-electron chi connectivity index (χ0n) is 15.6. The molecule has 0 bridgehead atoms. The first-order chi connectivity index (χ1) is 14.7. The number of rotatable bonds is 6. The Hall–Kier alpha value is -5.08. The molecule has 0 saturated heterocycles. The van der Waals surface area contributed by atoms with Crippen molar-refractivity contribution >= 4 is 34.1 Å². The summed E-state index contributed by atoms with van der Waals surface area (Å²) in [5.74, 6) is -2.92. The van der Waals surface area contributed by atoms with Crippen LogP contribution in [-0.4, -0.2) is 35.0 Å². The predicted molar refractivity (Wildman–Crippen MR) is 95.3 cm³/mol. The van der Waals surface area contributed by atoms with E-state index in [2.05, 4.69) is 0 Å². The summed E-state index contributed by atoms with van der Waals surface area (Å²) < 4.78 is 0. The van der Waals surface area contributed by atoms with E-state index in [9.17, 15) is 70.9 Å². The smallest absolute Gasteiger partial charge is 0.863 e. The van der Waals surface area contributed by atoms with Gasteiger partial charge in [0.1, 0.15) is 0 Å². The summed E-state index contributed by atoms with van der Waals surface area (Å²) in [5.41, 5.74) is -6.53. The minimum absolute atomic E-state index is 0. The first-order valence-corrected chi connectivity index (χ1v) is 7.25. The Morgan fingerprint density at radius 2 is 0.618 bits per heavy atom. The monoisotopic (exact) mass is 530 g/mol. The largest absolute Gasteiger partial charge is 2.00 e. The minimum atomic E-state index is -1.46. The van der Waals surface area contributed by atoms with Crippen molar-refractivity contribution in [3.63, 3.8) is 0 Å². The van der Waals surface area contributed by atoms with Gasteiger partial charge in [-0.05, 0) is 0 Å². The molecular formula is C12H6FeN6O15. The number of hydrogen-bond donors (Lipinski definition) is 0. The fourth-order valence-corrected chi connectivity index (χ4v) is 1.92. The Balaban J connectivity index is 0. The van der Waals surface area contributed by atoms with Crippen LogP contribution in [0.3, 0.4) is 0 Å². The zero-order valence-corrected chi connectivity index (χ0v) is 16.7. The van der Waals surface area contributed by atoms with Crippen LogP contribution < -0.4 is 10.2 Å². The van der Waals surface area contributed by atoms with Crippen LogP contribution in [0.5, 0.6) is 11.5 Å². The fourth-order valence-electron chi connectivity index (χ4n) is 1.92. The molecule has 0 aromatic heterocycles. The standard InChI is InChI=1S/2C6H3N3O7.Fe.H2O/c2*10-6-4(8(13)14)1-3(7(11)12)2-5(6)9(15)16;;/h2*1-2,10H;;1H2/q;;+2;/p-2. The van der Waals surface area contributed by atoms with Gasteiger partial charge in [-0.15, -0.1) is 0 Å². The van der Waals surface area contributed by atoms with Crippen molar-refractivity contribution in [2.45, 2.75) is 0 Å². The zero-order chi connectivity index (χ0) is 24.9. The first-order valence-electron chi connectivity index (χ1n) is 7.25. The van der Waals surface area contributed by atoms with Crippen molar-refractivity contribution in [2.75, 3.05) is 0 Å². The van der Waals surface area contributed by atoms with Gasteiger partial charge >= 0.3 is 17.1 Å². The molecule has 22 heteroatoms.